The van der Waals surface area contributed by atoms with Gasteiger partial charge in [0.05, 0.1) is 24.7 Å². The van der Waals surface area contributed by atoms with Gasteiger partial charge in [-0.15, -0.1) is 0 Å². The normalized spacial score (nSPS) is 23.5. The van der Waals surface area contributed by atoms with Gasteiger partial charge in [0.25, 0.3) is 0 Å². The Morgan fingerprint density at radius 1 is 0.719 bits per heavy atom. The summed E-state index contributed by atoms with van der Waals surface area (Å²) in [6, 6.07) is 35.5. The van der Waals surface area contributed by atoms with Crippen molar-refractivity contribution in [1.29, 1.82) is 0 Å². The standard InChI is InChI=1S/C55H76O8Si/c1-2-3-10-30-48(61-54-32-19-21-38-59-54)35-36-50-49(31-18-6-4-5-17-29-47(56)34-37-53(57)58)52(40-51(50)62-55-33-20-22-39-60-55)63-64(41-44-23-11-7-12-24-44,42-45-25-13-8-14-26-45)43-46-27-15-9-16-28-46/h6-9,11-16,18,23-28,35-36,48-52,54-55H,2-5,10,17,19-22,29-34,37-43H2,1H3,(H,57,58)/t48-,49-,50-,51-,52+,54?,55?/m1/s1. The summed E-state index contributed by atoms with van der Waals surface area (Å²) in [6.07, 6.45) is 24.0. The van der Waals surface area contributed by atoms with Crippen molar-refractivity contribution in [2.45, 2.75) is 172 Å². The molecule has 7 atom stereocenters. The molecule has 6 rings (SSSR count). The van der Waals surface area contributed by atoms with Gasteiger partial charge in [-0.2, -0.15) is 0 Å². The van der Waals surface area contributed by atoms with E-state index < -0.39 is 14.3 Å². The van der Waals surface area contributed by atoms with Gasteiger partial charge in [0.15, 0.2) is 12.6 Å². The Bertz CT molecular complexity index is 1710. The molecular weight excluding hydrogens is 817 g/mol. The monoisotopic (exact) mass is 893 g/mol. The van der Waals surface area contributed by atoms with Gasteiger partial charge in [0.2, 0.25) is 8.32 Å². The van der Waals surface area contributed by atoms with Crippen LogP contribution in [0, 0.1) is 11.8 Å². The number of ketones is 1. The zero-order valence-corrected chi connectivity index (χ0v) is 39.6. The average Bonchev–Trinajstić information content (AvgIpc) is 3.62. The minimum Gasteiger partial charge on any atom is -0.481 e. The van der Waals surface area contributed by atoms with Gasteiger partial charge in [-0.05, 0) is 118 Å². The molecule has 2 aliphatic heterocycles. The van der Waals surface area contributed by atoms with E-state index in [1.54, 1.807) is 0 Å². The number of benzene rings is 3. The molecule has 3 aliphatic rings. The first-order chi connectivity index (χ1) is 31.4. The smallest absolute Gasteiger partial charge is 0.303 e. The van der Waals surface area contributed by atoms with Gasteiger partial charge >= 0.3 is 5.97 Å². The second-order valence-electron chi connectivity index (χ2n) is 18.5. The highest BCUT2D eigenvalue weighted by Crippen LogP contribution is 2.43. The average molecular weight is 893 g/mol. The summed E-state index contributed by atoms with van der Waals surface area (Å²) < 4.78 is 34.3. The third-order valence-corrected chi connectivity index (χ3v) is 17.2. The summed E-state index contributed by atoms with van der Waals surface area (Å²) in [7, 11) is -2.67. The lowest BCUT2D eigenvalue weighted by Crippen LogP contribution is -2.50. The molecule has 8 nitrogen and oxygen atoms in total. The molecule has 0 amide bonds. The van der Waals surface area contributed by atoms with Crippen LogP contribution in [0.2, 0.25) is 0 Å². The van der Waals surface area contributed by atoms with Gasteiger partial charge < -0.3 is 28.5 Å². The first kappa shape index (κ1) is 49.7. The molecule has 348 valence electrons. The number of carboxylic acids is 1. The van der Waals surface area contributed by atoms with Crippen LogP contribution in [0.15, 0.2) is 115 Å². The molecule has 2 saturated heterocycles. The molecule has 1 N–H and O–H groups in total. The number of hydrogen-bond acceptors (Lipinski definition) is 7. The van der Waals surface area contributed by atoms with Crippen molar-refractivity contribution in [1.82, 2.24) is 0 Å². The number of rotatable bonds is 28. The van der Waals surface area contributed by atoms with Crippen LogP contribution in [0.25, 0.3) is 0 Å². The third-order valence-electron chi connectivity index (χ3n) is 13.2. The first-order valence-electron chi connectivity index (χ1n) is 24.8. The molecule has 3 fully saturated rings. The fraction of sp³-hybridized carbons (Fsp3) is 0.564. The molecule has 9 heteroatoms. The maximum absolute atomic E-state index is 12.3. The molecular formula is C55H76O8Si. The van der Waals surface area contributed by atoms with Gasteiger partial charge in [0, 0.05) is 32.0 Å². The summed E-state index contributed by atoms with van der Waals surface area (Å²) in [4.78, 5) is 23.2. The van der Waals surface area contributed by atoms with Crippen molar-refractivity contribution < 1.29 is 38.1 Å². The van der Waals surface area contributed by atoms with Crippen molar-refractivity contribution >= 4 is 20.1 Å². The van der Waals surface area contributed by atoms with Crippen molar-refractivity contribution in [2.75, 3.05) is 13.2 Å². The number of carbonyl (C=O) groups is 2. The van der Waals surface area contributed by atoms with E-state index in [4.69, 9.17) is 28.5 Å². The Balaban J connectivity index is 1.33. The van der Waals surface area contributed by atoms with Gasteiger partial charge in [0.1, 0.15) is 5.78 Å². The van der Waals surface area contributed by atoms with Crippen LogP contribution in [-0.2, 0) is 51.1 Å². The van der Waals surface area contributed by atoms with Gasteiger partial charge in [-0.1, -0.05) is 141 Å². The summed E-state index contributed by atoms with van der Waals surface area (Å²) >= 11 is 0. The highest BCUT2D eigenvalue weighted by molar-refractivity contribution is 6.72. The molecule has 3 aromatic rings. The number of ether oxygens (including phenoxy) is 4. The Kier molecular flexibility index (Phi) is 21.5. The van der Waals surface area contributed by atoms with Crippen LogP contribution < -0.4 is 0 Å². The minimum absolute atomic E-state index is 0.0288. The number of hydrogen-bond donors (Lipinski definition) is 1. The Morgan fingerprint density at radius 3 is 1.89 bits per heavy atom. The highest BCUT2D eigenvalue weighted by Gasteiger charge is 2.48. The lowest BCUT2D eigenvalue weighted by atomic mass is 9.89. The predicted octanol–water partition coefficient (Wildman–Crippen LogP) is 12.2. The van der Waals surface area contributed by atoms with Gasteiger partial charge in [-0.25, -0.2) is 0 Å². The Morgan fingerprint density at radius 2 is 1.33 bits per heavy atom. The molecule has 0 radical (unpaired) electrons. The maximum Gasteiger partial charge on any atom is 0.303 e. The number of carboxylic acid groups (broad SMARTS) is 1. The topological polar surface area (TPSA) is 101 Å². The molecule has 0 spiro atoms. The zero-order valence-electron chi connectivity index (χ0n) is 38.6. The summed E-state index contributed by atoms with van der Waals surface area (Å²) in [5.74, 6) is -0.667. The van der Waals surface area contributed by atoms with E-state index in [2.05, 4.69) is 122 Å². The van der Waals surface area contributed by atoms with E-state index in [1.807, 2.05) is 0 Å². The van der Waals surface area contributed by atoms with Crippen LogP contribution in [0.3, 0.4) is 0 Å². The van der Waals surface area contributed by atoms with Crippen molar-refractivity contribution in [3.05, 3.63) is 132 Å². The first-order valence-corrected chi connectivity index (χ1v) is 27.3. The molecule has 1 aliphatic carbocycles. The van der Waals surface area contributed by atoms with Crippen LogP contribution in [-0.4, -0.2) is 69.3 Å². The van der Waals surface area contributed by atoms with E-state index in [-0.39, 0.29) is 61.4 Å². The highest BCUT2D eigenvalue weighted by atomic mass is 28.4. The Labute approximate surface area is 385 Å². The quantitative estimate of drug-likeness (QED) is 0.0437. The van der Waals surface area contributed by atoms with Gasteiger partial charge in [-0.3, -0.25) is 9.59 Å². The van der Waals surface area contributed by atoms with Crippen LogP contribution in [0.4, 0.5) is 0 Å². The molecule has 1 saturated carbocycles. The largest absolute Gasteiger partial charge is 0.481 e. The number of unbranched alkanes of at least 4 members (excludes halogenated alkanes) is 4. The summed E-state index contributed by atoms with van der Waals surface area (Å²) in [5.41, 5.74) is 3.94. The fourth-order valence-electron chi connectivity index (χ4n) is 9.89. The zero-order chi connectivity index (χ0) is 44.7. The SMILES string of the molecule is CCCCC[C@H](C=C[C@@H]1[C@@H](CC=CCCCCC(=O)CCC(=O)O)[C@@H](O[Si](Cc2ccccc2)(Cc2ccccc2)Cc2ccccc2)C[C@H]1OC1CCCCO1)OC1CCCCO1. The molecule has 0 bridgehead atoms. The van der Waals surface area contributed by atoms with E-state index >= 15 is 0 Å². The molecule has 2 heterocycles. The van der Waals surface area contributed by atoms with Crippen molar-refractivity contribution in [3.8, 4) is 0 Å². The minimum atomic E-state index is -2.67. The van der Waals surface area contributed by atoms with E-state index in [0.717, 1.165) is 121 Å². The Hall–Kier alpha value is -3.70. The fourth-order valence-corrected chi connectivity index (χ4v) is 14.4. The van der Waals surface area contributed by atoms with Crippen molar-refractivity contribution in [2.24, 2.45) is 11.8 Å². The number of Topliss-reactive ketones (excluding diaryl/α,β-unsaturated/α-hetero) is 1. The maximum atomic E-state index is 12.3. The van der Waals surface area contributed by atoms with E-state index in [1.165, 1.54) is 23.1 Å². The van der Waals surface area contributed by atoms with Crippen LogP contribution in [0.1, 0.15) is 139 Å². The second-order valence-corrected chi connectivity index (χ2v) is 22.2. The number of allylic oxidation sites excluding steroid dienone is 2. The lowest BCUT2D eigenvalue weighted by molar-refractivity contribution is -0.193. The predicted molar refractivity (Wildman–Crippen MR) is 257 cm³/mol. The summed E-state index contributed by atoms with van der Waals surface area (Å²) in [5, 5.41) is 8.99. The third kappa shape index (κ3) is 17.3. The second kappa shape index (κ2) is 27.7. The van der Waals surface area contributed by atoms with Crippen molar-refractivity contribution in [3.63, 3.8) is 0 Å². The molecule has 3 aromatic carbocycles. The molecule has 64 heavy (non-hydrogen) atoms. The van der Waals surface area contributed by atoms with Crippen LogP contribution >= 0.6 is 0 Å². The van der Waals surface area contributed by atoms with Crippen LogP contribution in [0.5, 0.6) is 0 Å². The lowest BCUT2D eigenvalue weighted by Gasteiger charge is -2.37. The molecule has 0 aromatic heterocycles. The number of aliphatic carboxylic acids is 1. The number of carbonyl (C=O) groups excluding carboxylic acids is 1. The summed E-state index contributed by atoms with van der Waals surface area (Å²) in [6.45, 7) is 3.73. The molecule has 2 unspecified atom stereocenters. The van der Waals surface area contributed by atoms with E-state index in [9.17, 15) is 9.59 Å². The van der Waals surface area contributed by atoms with E-state index in [0.29, 0.717) is 6.42 Å².